The van der Waals surface area contributed by atoms with Gasteiger partial charge in [0, 0.05) is 16.0 Å². The van der Waals surface area contributed by atoms with Crippen molar-refractivity contribution in [3.8, 4) is 5.75 Å². The summed E-state index contributed by atoms with van der Waals surface area (Å²) in [7, 11) is 0. The van der Waals surface area contributed by atoms with Crippen molar-refractivity contribution in [3.05, 3.63) is 28.2 Å². The highest BCUT2D eigenvalue weighted by molar-refractivity contribution is 9.10. The zero-order valence-corrected chi connectivity index (χ0v) is 12.0. The third kappa shape index (κ3) is 1.64. The van der Waals surface area contributed by atoms with Gasteiger partial charge < -0.3 is 15.4 Å². The monoisotopic (exact) mass is 312 g/mol. The summed E-state index contributed by atoms with van der Waals surface area (Å²) in [5.74, 6) is 1.22. The lowest BCUT2D eigenvalue weighted by molar-refractivity contribution is -0.0263. The molecule has 2 bridgehead atoms. The molecule has 1 saturated heterocycles. The number of hydrogen-bond acceptors (Lipinski definition) is 2. The SMILES string of the molecule is CC1C2NC(=S)NC1(C)Oc1ccc(Br)cc12. The Morgan fingerprint density at radius 1 is 1.47 bits per heavy atom. The summed E-state index contributed by atoms with van der Waals surface area (Å²) in [6.07, 6.45) is 0. The number of benzene rings is 1. The first-order chi connectivity index (χ1) is 7.99. The number of ether oxygens (including phenoxy) is 1. The molecule has 90 valence electrons. The maximum Gasteiger partial charge on any atom is 0.184 e. The minimum atomic E-state index is -0.423. The van der Waals surface area contributed by atoms with E-state index in [1.165, 1.54) is 0 Å². The summed E-state index contributed by atoms with van der Waals surface area (Å²) >= 11 is 8.73. The van der Waals surface area contributed by atoms with Crippen LogP contribution in [0.3, 0.4) is 0 Å². The van der Waals surface area contributed by atoms with Crippen LogP contribution >= 0.6 is 28.1 Å². The summed E-state index contributed by atoms with van der Waals surface area (Å²) in [5.41, 5.74) is 0.738. The van der Waals surface area contributed by atoms with E-state index in [9.17, 15) is 0 Å². The molecule has 2 heterocycles. The lowest BCUT2D eigenvalue weighted by Crippen LogP contribution is -2.67. The van der Waals surface area contributed by atoms with E-state index in [4.69, 9.17) is 17.0 Å². The molecule has 2 aliphatic rings. The second-order valence-electron chi connectivity index (χ2n) is 4.76. The van der Waals surface area contributed by atoms with Gasteiger partial charge in [0.15, 0.2) is 10.8 Å². The van der Waals surface area contributed by atoms with Crippen molar-refractivity contribution in [2.75, 3.05) is 0 Å². The summed E-state index contributed by atoms with van der Waals surface area (Å²) in [6.45, 7) is 4.21. The zero-order chi connectivity index (χ0) is 12.2. The third-order valence-electron chi connectivity index (χ3n) is 3.65. The van der Waals surface area contributed by atoms with E-state index in [1.54, 1.807) is 0 Å². The van der Waals surface area contributed by atoms with Crippen molar-refractivity contribution < 1.29 is 4.74 Å². The van der Waals surface area contributed by atoms with Crippen LogP contribution in [0.1, 0.15) is 25.5 Å². The largest absolute Gasteiger partial charge is 0.468 e. The first kappa shape index (κ1) is 11.3. The molecule has 0 spiro atoms. The van der Waals surface area contributed by atoms with Crippen LogP contribution < -0.4 is 15.4 Å². The van der Waals surface area contributed by atoms with Crippen molar-refractivity contribution in [1.82, 2.24) is 10.6 Å². The van der Waals surface area contributed by atoms with Crippen LogP contribution in [-0.2, 0) is 0 Å². The van der Waals surface area contributed by atoms with Gasteiger partial charge in [-0.1, -0.05) is 22.9 Å². The van der Waals surface area contributed by atoms with Crippen LogP contribution in [0.2, 0.25) is 0 Å². The highest BCUT2D eigenvalue weighted by Crippen LogP contribution is 2.45. The first-order valence-electron chi connectivity index (χ1n) is 5.57. The Labute approximate surface area is 114 Å². The second-order valence-corrected chi connectivity index (χ2v) is 6.08. The maximum absolute atomic E-state index is 6.07. The summed E-state index contributed by atoms with van der Waals surface area (Å²) in [4.78, 5) is 0. The van der Waals surface area contributed by atoms with E-state index >= 15 is 0 Å². The Balaban J connectivity index is 2.15. The minimum Gasteiger partial charge on any atom is -0.468 e. The van der Waals surface area contributed by atoms with Crippen LogP contribution in [0.25, 0.3) is 0 Å². The molecule has 0 saturated carbocycles. The molecule has 0 amide bonds. The fourth-order valence-corrected chi connectivity index (χ4v) is 3.22. The van der Waals surface area contributed by atoms with Crippen molar-refractivity contribution in [3.63, 3.8) is 0 Å². The van der Waals surface area contributed by atoms with Crippen molar-refractivity contribution >= 4 is 33.3 Å². The fraction of sp³-hybridized carbons (Fsp3) is 0.417. The van der Waals surface area contributed by atoms with Gasteiger partial charge in [-0.25, -0.2) is 0 Å². The van der Waals surface area contributed by atoms with Gasteiger partial charge in [0.2, 0.25) is 0 Å². The van der Waals surface area contributed by atoms with Gasteiger partial charge in [-0.3, -0.25) is 0 Å². The van der Waals surface area contributed by atoms with Gasteiger partial charge in [0.1, 0.15) is 5.75 Å². The Kier molecular flexibility index (Phi) is 2.38. The van der Waals surface area contributed by atoms with Crippen LogP contribution in [0, 0.1) is 5.92 Å². The Morgan fingerprint density at radius 3 is 3.00 bits per heavy atom. The van der Waals surface area contributed by atoms with Crippen LogP contribution in [0.4, 0.5) is 0 Å². The molecule has 1 aromatic carbocycles. The molecular weight excluding hydrogens is 300 g/mol. The van der Waals surface area contributed by atoms with Gasteiger partial charge in [-0.15, -0.1) is 0 Å². The average molecular weight is 313 g/mol. The topological polar surface area (TPSA) is 33.3 Å². The number of fused-ring (bicyclic) bond motifs is 4. The highest BCUT2D eigenvalue weighted by atomic mass is 79.9. The van der Waals surface area contributed by atoms with Crippen molar-refractivity contribution in [2.24, 2.45) is 5.92 Å². The molecule has 5 heteroatoms. The standard InChI is InChI=1S/C12H13BrN2OS/c1-6-10-8-5-7(13)3-4-9(8)16-12(6,2)15-11(17)14-10/h3-6,10H,1-2H3,(H2,14,15,17). The minimum absolute atomic E-state index is 0.204. The Morgan fingerprint density at radius 2 is 2.24 bits per heavy atom. The quantitative estimate of drug-likeness (QED) is 0.722. The molecule has 2 aliphatic heterocycles. The van der Waals surface area contributed by atoms with Crippen LogP contribution in [0.15, 0.2) is 22.7 Å². The molecule has 3 nitrogen and oxygen atoms in total. The first-order valence-corrected chi connectivity index (χ1v) is 6.77. The molecule has 17 heavy (non-hydrogen) atoms. The lowest BCUT2D eigenvalue weighted by Gasteiger charge is -2.50. The smallest absolute Gasteiger partial charge is 0.184 e. The van der Waals surface area contributed by atoms with Gasteiger partial charge in [0.25, 0.3) is 0 Å². The molecule has 0 aromatic heterocycles. The highest BCUT2D eigenvalue weighted by Gasteiger charge is 2.48. The maximum atomic E-state index is 6.07. The van der Waals surface area contributed by atoms with Gasteiger partial charge >= 0.3 is 0 Å². The third-order valence-corrected chi connectivity index (χ3v) is 4.36. The molecular formula is C12H13BrN2OS. The molecule has 2 N–H and O–H groups in total. The molecule has 1 fully saturated rings. The predicted octanol–water partition coefficient (Wildman–Crippen LogP) is 2.71. The molecule has 3 atom stereocenters. The normalized spacial score (nSPS) is 34.2. The summed E-state index contributed by atoms with van der Waals surface area (Å²) < 4.78 is 7.13. The van der Waals surface area contributed by atoms with E-state index in [2.05, 4.69) is 39.6 Å². The van der Waals surface area contributed by atoms with Gasteiger partial charge in [0.05, 0.1) is 6.04 Å². The molecule has 0 radical (unpaired) electrons. The number of halogens is 1. The zero-order valence-electron chi connectivity index (χ0n) is 9.58. The van der Waals surface area contributed by atoms with E-state index in [1.807, 2.05) is 19.1 Å². The molecule has 3 unspecified atom stereocenters. The number of thiocarbonyl (C=S) groups is 1. The summed E-state index contributed by atoms with van der Waals surface area (Å²) in [5, 5.41) is 7.20. The van der Waals surface area contributed by atoms with Crippen molar-refractivity contribution in [1.29, 1.82) is 0 Å². The van der Waals surface area contributed by atoms with Gasteiger partial charge in [-0.05, 0) is 37.3 Å². The van der Waals surface area contributed by atoms with Gasteiger partial charge in [-0.2, -0.15) is 0 Å². The molecule has 3 rings (SSSR count). The van der Waals surface area contributed by atoms with Crippen LogP contribution in [0.5, 0.6) is 5.75 Å². The Bertz CT molecular complexity index is 507. The van der Waals surface area contributed by atoms with Crippen LogP contribution in [-0.4, -0.2) is 10.8 Å². The number of nitrogens with one attached hydrogen (secondary N) is 2. The van der Waals surface area contributed by atoms with E-state index in [0.717, 1.165) is 15.8 Å². The van der Waals surface area contributed by atoms with E-state index in [-0.39, 0.29) is 6.04 Å². The molecule has 0 aliphatic carbocycles. The number of hydrogen-bond donors (Lipinski definition) is 2. The second kappa shape index (κ2) is 3.59. The predicted molar refractivity (Wildman–Crippen MR) is 73.9 cm³/mol. The average Bonchev–Trinajstić information content (AvgIpc) is 2.24. The van der Waals surface area contributed by atoms with Crippen molar-refractivity contribution in [2.45, 2.75) is 25.6 Å². The lowest BCUT2D eigenvalue weighted by atomic mass is 9.82. The fourth-order valence-electron chi connectivity index (χ4n) is 2.51. The van der Waals surface area contributed by atoms with E-state index in [0.29, 0.717) is 11.0 Å². The number of rotatable bonds is 0. The summed E-state index contributed by atoms with van der Waals surface area (Å²) in [6, 6.07) is 6.28. The molecule has 1 aromatic rings. The van der Waals surface area contributed by atoms with E-state index < -0.39 is 5.72 Å². The Hall–Kier alpha value is -0.810.